The van der Waals surface area contributed by atoms with E-state index in [4.69, 9.17) is 9.47 Å². The van der Waals surface area contributed by atoms with Crippen molar-refractivity contribution in [2.24, 2.45) is 0 Å². The molecule has 170 valence electrons. The first-order valence-electron chi connectivity index (χ1n) is 11.1. The third-order valence-electron chi connectivity index (χ3n) is 5.40. The standard InChI is InChI=1S/C26H30FNO4/c1-4-6-7-8-19(29)16-28-17-21(18-9-11-20(31-3)12-10-18)26(30)24-22(27)13-14-23(25(24)28)32-15-5-2/h9-14,17H,4-8,15-16H2,1-3H3. The van der Waals surface area contributed by atoms with Crippen LogP contribution in [0.4, 0.5) is 4.39 Å². The number of methoxy groups -OCH3 is 1. The number of benzene rings is 2. The van der Waals surface area contributed by atoms with Crippen molar-refractivity contribution in [3.63, 3.8) is 0 Å². The average Bonchev–Trinajstić information content (AvgIpc) is 2.80. The summed E-state index contributed by atoms with van der Waals surface area (Å²) >= 11 is 0. The fourth-order valence-corrected chi connectivity index (χ4v) is 3.73. The highest BCUT2D eigenvalue weighted by atomic mass is 19.1. The van der Waals surface area contributed by atoms with Gasteiger partial charge in [-0.25, -0.2) is 4.39 Å². The maximum absolute atomic E-state index is 15.0. The molecule has 0 spiro atoms. The van der Waals surface area contributed by atoms with E-state index in [-0.39, 0.29) is 17.7 Å². The fraction of sp³-hybridized carbons (Fsp3) is 0.385. The Morgan fingerprint density at radius 2 is 1.78 bits per heavy atom. The van der Waals surface area contributed by atoms with E-state index in [2.05, 4.69) is 6.92 Å². The van der Waals surface area contributed by atoms with Gasteiger partial charge < -0.3 is 14.0 Å². The molecule has 3 rings (SSSR count). The lowest BCUT2D eigenvalue weighted by molar-refractivity contribution is -0.119. The molecule has 0 fully saturated rings. The average molecular weight is 440 g/mol. The van der Waals surface area contributed by atoms with E-state index in [0.717, 1.165) is 25.7 Å². The molecule has 0 N–H and O–H groups in total. The highest BCUT2D eigenvalue weighted by Crippen LogP contribution is 2.30. The topological polar surface area (TPSA) is 57.5 Å². The van der Waals surface area contributed by atoms with Gasteiger partial charge in [0, 0.05) is 18.2 Å². The molecule has 0 aliphatic carbocycles. The molecule has 3 aromatic rings. The molecular weight excluding hydrogens is 409 g/mol. The Balaban J connectivity index is 2.18. The molecule has 1 heterocycles. The number of hydrogen-bond donors (Lipinski definition) is 0. The SMILES string of the molecule is CCCCCC(=O)Cn1cc(-c2ccc(OC)cc2)c(=O)c2c(F)ccc(OCCC)c21. The van der Waals surface area contributed by atoms with E-state index in [1.165, 1.54) is 12.1 Å². The molecule has 2 aromatic carbocycles. The van der Waals surface area contributed by atoms with Crippen molar-refractivity contribution >= 4 is 16.7 Å². The molecule has 0 atom stereocenters. The summed E-state index contributed by atoms with van der Waals surface area (Å²) in [7, 11) is 1.56. The first-order chi connectivity index (χ1) is 15.5. The summed E-state index contributed by atoms with van der Waals surface area (Å²) in [6, 6.07) is 9.78. The van der Waals surface area contributed by atoms with E-state index in [0.29, 0.717) is 41.2 Å². The van der Waals surface area contributed by atoms with Crippen LogP contribution >= 0.6 is 0 Å². The molecule has 1 aromatic heterocycles. The van der Waals surface area contributed by atoms with Gasteiger partial charge in [0.2, 0.25) is 0 Å². The van der Waals surface area contributed by atoms with Crippen LogP contribution in [0, 0.1) is 5.82 Å². The zero-order valence-electron chi connectivity index (χ0n) is 18.9. The summed E-state index contributed by atoms with van der Waals surface area (Å²) < 4.78 is 27.6. The molecule has 0 radical (unpaired) electrons. The van der Waals surface area contributed by atoms with Crippen molar-refractivity contribution in [3.8, 4) is 22.6 Å². The largest absolute Gasteiger partial charge is 0.497 e. The van der Waals surface area contributed by atoms with E-state index in [1.54, 1.807) is 42.1 Å². The number of ether oxygens (including phenoxy) is 2. The molecule has 0 saturated carbocycles. The predicted octanol–water partition coefficient (Wildman–Crippen LogP) is 5.75. The van der Waals surface area contributed by atoms with Crippen LogP contribution in [-0.4, -0.2) is 24.1 Å². The van der Waals surface area contributed by atoms with Crippen molar-refractivity contribution in [1.82, 2.24) is 4.57 Å². The fourth-order valence-electron chi connectivity index (χ4n) is 3.73. The van der Waals surface area contributed by atoms with E-state index >= 15 is 0 Å². The molecule has 6 heteroatoms. The van der Waals surface area contributed by atoms with Crippen LogP contribution in [0.3, 0.4) is 0 Å². The minimum Gasteiger partial charge on any atom is -0.497 e. The lowest BCUT2D eigenvalue weighted by Gasteiger charge is -2.17. The number of halogens is 1. The molecular formula is C26H30FNO4. The van der Waals surface area contributed by atoms with Crippen LogP contribution in [0.5, 0.6) is 11.5 Å². The van der Waals surface area contributed by atoms with Gasteiger partial charge in [-0.2, -0.15) is 0 Å². The van der Waals surface area contributed by atoms with Crippen LogP contribution in [0.2, 0.25) is 0 Å². The second-order valence-corrected chi connectivity index (χ2v) is 7.84. The first kappa shape index (κ1) is 23.5. The zero-order valence-corrected chi connectivity index (χ0v) is 18.9. The first-order valence-corrected chi connectivity index (χ1v) is 11.1. The maximum Gasteiger partial charge on any atom is 0.200 e. The van der Waals surface area contributed by atoms with Gasteiger partial charge in [-0.1, -0.05) is 38.8 Å². The number of Topliss-reactive ketones (excluding diaryl/α,β-unsaturated/α-hetero) is 1. The summed E-state index contributed by atoms with van der Waals surface area (Å²) in [5, 5.41) is -0.0618. The Labute approximate surface area is 187 Å². The van der Waals surface area contributed by atoms with Crippen molar-refractivity contribution in [2.75, 3.05) is 13.7 Å². The van der Waals surface area contributed by atoms with Gasteiger partial charge in [0.15, 0.2) is 11.2 Å². The summed E-state index contributed by atoms with van der Waals surface area (Å²) in [5.74, 6) is 0.469. The molecule has 0 unspecified atom stereocenters. The molecule has 0 bridgehead atoms. The second kappa shape index (κ2) is 10.9. The Morgan fingerprint density at radius 1 is 1.03 bits per heavy atom. The number of hydrogen-bond acceptors (Lipinski definition) is 4. The van der Waals surface area contributed by atoms with Crippen molar-refractivity contribution in [2.45, 2.75) is 52.5 Å². The minimum atomic E-state index is -0.628. The molecule has 32 heavy (non-hydrogen) atoms. The van der Waals surface area contributed by atoms with Gasteiger partial charge in [0.1, 0.15) is 17.3 Å². The number of fused-ring (bicyclic) bond motifs is 1. The number of nitrogens with zero attached hydrogens (tertiary/aromatic N) is 1. The summed E-state index contributed by atoms with van der Waals surface area (Å²) in [6.45, 7) is 4.54. The quantitative estimate of drug-likeness (QED) is 0.357. The second-order valence-electron chi connectivity index (χ2n) is 7.84. The predicted molar refractivity (Wildman–Crippen MR) is 125 cm³/mol. The van der Waals surface area contributed by atoms with Crippen molar-refractivity contribution < 1.29 is 18.7 Å². The number of rotatable bonds is 11. The molecule has 5 nitrogen and oxygen atoms in total. The van der Waals surface area contributed by atoms with Gasteiger partial charge >= 0.3 is 0 Å². The third-order valence-corrected chi connectivity index (χ3v) is 5.40. The van der Waals surface area contributed by atoms with Crippen LogP contribution in [-0.2, 0) is 11.3 Å². The van der Waals surface area contributed by atoms with Gasteiger partial charge in [-0.3, -0.25) is 9.59 Å². The van der Waals surface area contributed by atoms with Crippen LogP contribution in [0.25, 0.3) is 22.0 Å². The third kappa shape index (κ3) is 5.18. The van der Waals surface area contributed by atoms with Gasteiger partial charge in [0.05, 0.1) is 31.2 Å². The molecule has 0 amide bonds. The number of pyridine rings is 1. The smallest absolute Gasteiger partial charge is 0.200 e. The lowest BCUT2D eigenvalue weighted by atomic mass is 10.0. The zero-order chi connectivity index (χ0) is 23.1. The summed E-state index contributed by atoms with van der Waals surface area (Å²) in [5.41, 5.74) is 0.848. The molecule has 0 saturated heterocycles. The van der Waals surface area contributed by atoms with Crippen molar-refractivity contribution in [1.29, 1.82) is 0 Å². The number of unbranched alkanes of at least 4 members (excludes halogenated alkanes) is 2. The van der Waals surface area contributed by atoms with Gasteiger partial charge in [-0.05, 0) is 42.7 Å². The number of carbonyl (C=O) groups is 1. The van der Waals surface area contributed by atoms with Gasteiger partial charge in [-0.15, -0.1) is 0 Å². The minimum absolute atomic E-state index is 0.0368. The Morgan fingerprint density at radius 3 is 2.44 bits per heavy atom. The van der Waals surface area contributed by atoms with Crippen LogP contribution in [0.15, 0.2) is 47.4 Å². The van der Waals surface area contributed by atoms with Crippen molar-refractivity contribution in [3.05, 3.63) is 58.6 Å². The maximum atomic E-state index is 15.0. The highest BCUT2D eigenvalue weighted by molar-refractivity contribution is 5.90. The number of aromatic nitrogens is 1. The van der Waals surface area contributed by atoms with E-state index in [1.807, 2.05) is 6.92 Å². The monoisotopic (exact) mass is 439 g/mol. The number of ketones is 1. The number of carbonyl (C=O) groups excluding carboxylic acids is 1. The normalized spacial score (nSPS) is 11.0. The van der Waals surface area contributed by atoms with Gasteiger partial charge in [0.25, 0.3) is 0 Å². The molecule has 0 aliphatic rings. The van der Waals surface area contributed by atoms with Crippen LogP contribution < -0.4 is 14.9 Å². The summed E-state index contributed by atoms with van der Waals surface area (Å²) in [6.07, 6.45) is 5.67. The lowest BCUT2D eigenvalue weighted by Crippen LogP contribution is -2.18. The van der Waals surface area contributed by atoms with Crippen LogP contribution in [0.1, 0.15) is 46.0 Å². The summed E-state index contributed by atoms with van der Waals surface area (Å²) in [4.78, 5) is 26.1. The Kier molecular flexibility index (Phi) is 8.03. The van der Waals surface area contributed by atoms with E-state index in [9.17, 15) is 14.0 Å². The highest BCUT2D eigenvalue weighted by Gasteiger charge is 2.19. The Hall–Kier alpha value is -3.15. The Bertz CT molecular complexity index is 1140. The molecule has 0 aliphatic heterocycles. The van der Waals surface area contributed by atoms with E-state index < -0.39 is 11.2 Å².